The zero-order valence-corrected chi connectivity index (χ0v) is 20.6. The number of benzene rings is 2. The van der Waals surface area contributed by atoms with Crippen LogP contribution in [0.3, 0.4) is 0 Å². The summed E-state index contributed by atoms with van der Waals surface area (Å²) in [5.41, 5.74) is 3.29. The molecule has 0 aliphatic heterocycles. The predicted octanol–water partition coefficient (Wildman–Crippen LogP) is 3.61. The summed E-state index contributed by atoms with van der Waals surface area (Å²) in [6.07, 6.45) is 1.88. The third-order valence-corrected chi connectivity index (χ3v) is 7.21. The Morgan fingerprint density at radius 3 is 2.54 bits per heavy atom. The first-order chi connectivity index (χ1) is 16.8. The van der Waals surface area contributed by atoms with Gasteiger partial charge in [0.2, 0.25) is 5.91 Å². The van der Waals surface area contributed by atoms with Gasteiger partial charge < -0.3 is 9.88 Å². The molecule has 5 rings (SSSR count). The van der Waals surface area contributed by atoms with Crippen LogP contribution in [0.2, 0.25) is 0 Å². The summed E-state index contributed by atoms with van der Waals surface area (Å²) in [6.45, 7) is 3.92. The molecule has 0 radical (unpaired) electrons. The molecule has 0 fully saturated rings. The highest BCUT2D eigenvalue weighted by Gasteiger charge is 2.24. The molecule has 2 aromatic carbocycles. The number of hydrogen-bond donors (Lipinski definition) is 1. The highest BCUT2D eigenvalue weighted by Crippen LogP contribution is 2.31. The fourth-order valence-corrected chi connectivity index (χ4v) is 5.26. The van der Waals surface area contributed by atoms with E-state index in [1.54, 1.807) is 23.0 Å². The van der Waals surface area contributed by atoms with Crippen LogP contribution in [0.25, 0.3) is 32.0 Å². The molecule has 3 aromatic heterocycles. The monoisotopic (exact) mass is 488 g/mol. The summed E-state index contributed by atoms with van der Waals surface area (Å²) in [5.74, 6) is -0.272. The third kappa shape index (κ3) is 3.85. The topological polar surface area (TPSA) is 104 Å². The van der Waals surface area contributed by atoms with E-state index >= 15 is 0 Å². The second-order valence-electron chi connectivity index (χ2n) is 8.51. The van der Waals surface area contributed by atoms with Crippen LogP contribution in [0.5, 0.6) is 0 Å². The maximum absolute atomic E-state index is 13.2. The lowest BCUT2D eigenvalue weighted by molar-refractivity contribution is -0.119. The lowest BCUT2D eigenvalue weighted by atomic mass is 10.1. The Morgan fingerprint density at radius 2 is 1.83 bits per heavy atom. The molecule has 1 atom stereocenters. The van der Waals surface area contributed by atoms with Crippen molar-refractivity contribution in [2.24, 2.45) is 14.1 Å². The van der Waals surface area contributed by atoms with Crippen molar-refractivity contribution in [3.8, 4) is 10.6 Å². The van der Waals surface area contributed by atoms with Gasteiger partial charge in [-0.15, -0.1) is 11.3 Å². The van der Waals surface area contributed by atoms with E-state index in [0.717, 1.165) is 25.4 Å². The minimum atomic E-state index is -0.669. The van der Waals surface area contributed by atoms with E-state index in [0.29, 0.717) is 12.1 Å². The van der Waals surface area contributed by atoms with Crippen LogP contribution in [0, 0.1) is 6.92 Å². The van der Waals surface area contributed by atoms with Crippen molar-refractivity contribution >= 4 is 44.3 Å². The Labute approximate surface area is 204 Å². The Hall–Kier alpha value is -4.05. The van der Waals surface area contributed by atoms with Gasteiger partial charge in [-0.2, -0.15) is 0 Å². The van der Waals surface area contributed by atoms with Gasteiger partial charge in [-0.1, -0.05) is 13.0 Å². The number of aryl methyl sites for hydroxylation is 2. The number of fused-ring (bicyclic) bond motifs is 2. The molecule has 0 saturated heterocycles. The quantitative estimate of drug-likeness (QED) is 0.407. The number of carbonyl (C=O) groups excluding carboxylic acids is 1. The van der Waals surface area contributed by atoms with Gasteiger partial charge in [-0.3, -0.25) is 18.7 Å². The largest absolute Gasteiger partial charge is 0.332 e. The number of amides is 1. The summed E-state index contributed by atoms with van der Waals surface area (Å²) in [4.78, 5) is 47.1. The van der Waals surface area contributed by atoms with Gasteiger partial charge in [0.1, 0.15) is 11.0 Å². The van der Waals surface area contributed by atoms with E-state index in [1.807, 2.05) is 43.3 Å². The molecular weight excluding hydrogens is 464 g/mol. The van der Waals surface area contributed by atoms with E-state index in [1.165, 1.54) is 23.5 Å². The van der Waals surface area contributed by atoms with Gasteiger partial charge in [0.25, 0.3) is 5.56 Å². The normalized spacial score (nSPS) is 12.3. The van der Waals surface area contributed by atoms with E-state index in [9.17, 15) is 14.4 Å². The van der Waals surface area contributed by atoms with Crippen LogP contribution >= 0.6 is 11.3 Å². The molecule has 0 saturated carbocycles. The van der Waals surface area contributed by atoms with Gasteiger partial charge in [0.15, 0.2) is 11.2 Å². The van der Waals surface area contributed by atoms with Crippen LogP contribution in [0.1, 0.15) is 24.9 Å². The second kappa shape index (κ2) is 8.62. The van der Waals surface area contributed by atoms with Crippen LogP contribution in [0.15, 0.2) is 58.4 Å². The van der Waals surface area contributed by atoms with Crippen molar-refractivity contribution in [2.45, 2.75) is 26.3 Å². The zero-order valence-electron chi connectivity index (χ0n) is 19.8. The van der Waals surface area contributed by atoms with Crippen molar-refractivity contribution in [1.29, 1.82) is 0 Å². The number of anilines is 1. The number of thiazole rings is 1. The first kappa shape index (κ1) is 22.7. The Bertz CT molecular complexity index is 1710. The van der Waals surface area contributed by atoms with Crippen LogP contribution in [0.4, 0.5) is 5.69 Å². The van der Waals surface area contributed by atoms with Crippen LogP contribution in [-0.2, 0) is 18.9 Å². The molecule has 5 aromatic rings. The summed E-state index contributed by atoms with van der Waals surface area (Å²) >= 11 is 1.63. The maximum Gasteiger partial charge on any atom is 0.332 e. The van der Waals surface area contributed by atoms with Gasteiger partial charge >= 0.3 is 5.69 Å². The second-order valence-corrected chi connectivity index (χ2v) is 9.54. The minimum absolute atomic E-state index is 0.220. The van der Waals surface area contributed by atoms with Crippen LogP contribution in [-0.4, -0.2) is 29.6 Å². The van der Waals surface area contributed by atoms with E-state index in [2.05, 4.69) is 23.3 Å². The first-order valence-electron chi connectivity index (χ1n) is 11.2. The van der Waals surface area contributed by atoms with Gasteiger partial charge in [0, 0.05) is 25.3 Å². The average Bonchev–Trinajstić information content (AvgIpc) is 3.47. The molecule has 1 amide bonds. The van der Waals surface area contributed by atoms with Crippen molar-refractivity contribution < 1.29 is 4.79 Å². The molecule has 10 heteroatoms. The fourth-order valence-electron chi connectivity index (χ4n) is 4.19. The lowest BCUT2D eigenvalue weighted by Crippen LogP contribution is -2.38. The minimum Gasteiger partial charge on any atom is -0.324 e. The predicted molar refractivity (Wildman–Crippen MR) is 138 cm³/mol. The van der Waals surface area contributed by atoms with E-state index < -0.39 is 17.3 Å². The maximum atomic E-state index is 13.2. The average molecular weight is 489 g/mol. The molecule has 0 aliphatic carbocycles. The summed E-state index contributed by atoms with van der Waals surface area (Å²) in [7, 11) is 2.97. The Kier molecular flexibility index (Phi) is 5.60. The molecule has 178 valence electrons. The van der Waals surface area contributed by atoms with E-state index in [4.69, 9.17) is 4.98 Å². The molecule has 1 unspecified atom stereocenters. The third-order valence-electron chi connectivity index (χ3n) is 6.14. The number of imidazole rings is 1. The van der Waals surface area contributed by atoms with Crippen molar-refractivity contribution in [3.63, 3.8) is 0 Å². The molecule has 1 N–H and O–H groups in total. The molecule has 35 heavy (non-hydrogen) atoms. The molecular formula is C25H24N6O3S. The lowest BCUT2D eigenvalue weighted by Gasteiger charge is -2.17. The fraction of sp³-hybridized carbons (Fsp3) is 0.240. The van der Waals surface area contributed by atoms with Crippen LogP contribution < -0.4 is 16.6 Å². The van der Waals surface area contributed by atoms with E-state index in [-0.39, 0.29) is 17.1 Å². The summed E-state index contributed by atoms with van der Waals surface area (Å²) in [6, 6.07) is 13.1. The zero-order chi connectivity index (χ0) is 24.9. The molecule has 0 aliphatic rings. The van der Waals surface area contributed by atoms with Crippen molar-refractivity contribution in [1.82, 2.24) is 23.7 Å². The van der Waals surface area contributed by atoms with Crippen molar-refractivity contribution in [3.05, 3.63) is 75.2 Å². The highest BCUT2D eigenvalue weighted by molar-refractivity contribution is 7.21. The number of hydrogen-bond acceptors (Lipinski definition) is 6. The Balaban J connectivity index is 1.42. The van der Waals surface area contributed by atoms with Gasteiger partial charge in [-0.05, 0) is 55.3 Å². The molecule has 0 bridgehead atoms. The number of aromatic nitrogens is 5. The van der Waals surface area contributed by atoms with Crippen molar-refractivity contribution in [2.75, 3.05) is 5.32 Å². The number of nitrogens with zero attached hydrogens (tertiary/aromatic N) is 5. The molecule has 3 heterocycles. The number of rotatable bonds is 5. The summed E-state index contributed by atoms with van der Waals surface area (Å²) < 4.78 is 5.01. The number of nitrogens with one attached hydrogen (secondary N) is 1. The highest BCUT2D eigenvalue weighted by atomic mass is 32.1. The first-order valence-corrected chi connectivity index (χ1v) is 12.0. The SMILES string of the molecule is CCC(C(=O)Nc1ccc(-c2nc3ccc(C)cc3s2)cc1)n1cnc2c1c(=O)n(C)c(=O)n2C. The molecule has 9 nitrogen and oxygen atoms in total. The summed E-state index contributed by atoms with van der Waals surface area (Å²) in [5, 5.41) is 3.85. The standard InChI is InChI=1S/C25H24N6O3S/c1-5-18(31-13-26-21-20(31)24(33)30(4)25(34)29(21)3)22(32)27-16-9-7-15(8-10-16)23-28-17-11-6-14(2)12-19(17)35-23/h6-13,18H,5H2,1-4H3,(H,27,32). The number of carbonyl (C=O) groups is 1. The van der Waals surface area contributed by atoms with Gasteiger partial charge in [0.05, 0.1) is 16.5 Å². The molecule has 0 spiro atoms. The smallest absolute Gasteiger partial charge is 0.324 e. The van der Waals surface area contributed by atoms with Gasteiger partial charge in [-0.25, -0.2) is 14.8 Å². The Morgan fingerprint density at radius 1 is 1.09 bits per heavy atom.